The molecule has 0 spiro atoms. The fraction of sp³-hybridized carbons (Fsp3) is 0.0769. The minimum absolute atomic E-state index is 0. The van der Waals surface area contributed by atoms with Gasteiger partial charge in [-0.1, -0.05) is 17.7 Å². The van der Waals surface area contributed by atoms with Gasteiger partial charge >= 0.3 is 0 Å². The number of hydrogen-bond donors (Lipinski definition) is 1. The van der Waals surface area contributed by atoms with E-state index in [9.17, 15) is 0 Å². The zero-order valence-electron chi connectivity index (χ0n) is 9.85. The van der Waals surface area contributed by atoms with E-state index in [0.29, 0.717) is 11.6 Å². The zero-order chi connectivity index (χ0) is 11.8. The molecule has 18 heavy (non-hydrogen) atoms. The van der Waals surface area contributed by atoms with Crippen molar-refractivity contribution in [1.29, 1.82) is 0 Å². The number of rotatable bonds is 1. The van der Waals surface area contributed by atoms with Crippen LogP contribution in [0.5, 0.6) is 0 Å². The highest BCUT2D eigenvalue weighted by molar-refractivity contribution is 9.10. The highest BCUT2D eigenvalue weighted by Crippen LogP contribution is 2.24. The van der Waals surface area contributed by atoms with Crippen molar-refractivity contribution in [3.05, 3.63) is 46.6 Å². The second-order valence-electron chi connectivity index (χ2n) is 3.85. The third kappa shape index (κ3) is 2.27. The molecule has 3 aromatic rings. The van der Waals surface area contributed by atoms with Crippen molar-refractivity contribution in [2.45, 2.75) is 6.92 Å². The molecule has 3 N–H and O–H groups in total. The van der Waals surface area contributed by atoms with E-state index in [1.807, 2.05) is 43.3 Å². The number of nitrogens with zero attached hydrogens (tertiary/aromatic N) is 2. The van der Waals surface area contributed by atoms with Crippen LogP contribution in [0.4, 0.5) is 0 Å². The van der Waals surface area contributed by atoms with E-state index in [1.54, 1.807) is 0 Å². The number of oxazole rings is 1. The van der Waals surface area contributed by atoms with Gasteiger partial charge in [-0.15, -0.1) is 0 Å². The first-order valence-electron chi connectivity index (χ1n) is 5.22. The van der Waals surface area contributed by atoms with Crippen LogP contribution in [0.1, 0.15) is 5.56 Å². The van der Waals surface area contributed by atoms with Crippen molar-refractivity contribution in [2.75, 3.05) is 0 Å². The molecule has 0 radical (unpaired) electrons. The van der Waals surface area contributed by atoms with Gasteiger partial charge in [-0.25, -0.2) is 9.97 Å². The molecule has 0 unspecified atom stereocenters. The van der Waals surface area contributed by atoms with E-state index >= 15 is 0 Å². The number of fused-ring (bicyclic) bond motifs is 1. The largest absolute Gasteiger partial charge is 0.418 e. The van der Waals surface area contributed by atoms with Crippen molar-refractivity contribution in [2.24, 2.45) is 0 Å². The van der Waals surface area contributed by atoms with Gasteiger partial charge in [0, 0.05) is 5.56 Å². The number of pyridine rings is 1. The molecule has 0 atom stereocenters. The van der Waals surface area contributed by atoms with Gasteiger partial charge < -0.3 is 10.6 Å². The van der Waals surface area contributed by atoms with Gasteiger partial charge in [0.2, 0.25) is 11.6 Å². The molecule has 2 aromatic heterocycles. The van der Waals surface area contributed by atoms with E-state index < -0.39 is 0 Å². The maximum Gasteiger partial charge on any atom is 0.248 e. The predicted molar refractivity (Wildman–Crippen MR) is 74.7 cm³/mol. The molecule has 0 fully saturated rings. The van der Waals surface area contributed by atoms with Gasteiger partial charge in [-0.05, 0) is 47.1 Å². The standard InChI is InChI=1S/C13H9BrN2O.H3N/c1-8-3-2-4-9(7-8)12-15-10-5-6-11(14)16-13(10)17-12;/h2-7H,1H3;1H3. The Bertz CT molecular complexity index is 694. The van der Waals surface area contributed by atoms with Crippen molar-refractivity contribution in [3.63, 3.8) is 0 Å². The molecule has 5 heteroatoms. The molecule has 0 saturated heterocycles. The molecule has 0 saturated carbocycles. The van der Waals surface area contributed by atoms with Crippen LogP contribution in [0.3, 0.4) is 0 Å². The first kappa shape index (κ1) is 12.7. The third-order valence-corrected chi connectivity index (χ3v) is 2.93. The molecular weight excluding hydrogens is 294 g/mol. The first-order valence-corrected chi connectivity index (χ1v) is 6.02. The summed E-state index contributed by atoms with van der Waals surface area (Å²) in [5.41, 5.74) is 3.47. The molecule has 4 nitrogen and oxygen atoms in total. The Balaban J connectivity index is 0.00000120. The summed E-state index contributed by atoms with van der Waals surface area (Å²) < 4.78 is 6.38. The van der Waals surface area contributed by atoms with Gasteiger partial charge in [0.15, 0.2) is 0 Å². The first-order chi connectivity index (χ1) is 8.22. The van der Waals surface area contributed by atoms with Crippen LogP contribution >= 0.6 is 15.9 Å². The van der Waals surface area contributed by atoms with Crippen molar-refractivity contribution in [1.82, 2.24) is 16.1 Å². The van der Waals surface area contributed by atoms with E-state index in [-0.39, 0.29) is 6.15 Å². The van der Waals surface area contributed by atoms with E-state index in [0.717, 1.165) is 15.7 Å². The highest BCUT2D eigenvalue weighted by atomic mass is 79.9. The number of halogens is 1. The number of benzene rings is 1. The second-order valence-corrected chi connectivity index (χ2v) is 4.66. The van der Waals surface area contributed by atoms with Crippen molar-refractivity contribution >= 4 is 27.2 Å². The number of aromatic nitrogens is 2. The lowest BCUT2D eigenvalue weighted by atomic mass is 10.1. The quantitative estimate of drug-likeness (QED) is 0.686. The average Bonchev–Trinajstić information content (AvgIpc) is 2.72. The second kappa shape index (κ2) is 4.88. The average molecular weight is 306 g/mol. The summed E-state index contributed by atoms with van der Waals surface area (Å²) in [5, 5.41) is 0. The lowest BCUT2D eigenvalue weighted by Crippen LogP contribution is -1.78. The topological polar surface area (TPSA) is 73.9 Å². The Morgan fingerprint density at radius 1 is 1.11 bits per heavy atom. The number of hydrogen-bond acceptors (Lipinski definition) is 4. The van der Waals surface area contributed by atoms with Crippen LogP contribution in [0.15, 0.2) is 45.4 Å². The summed E-state index contributed by atoms with van der Waals surface area (Å²) in [6, 6.07) is 11.8. The Morgan fingerprint density at radius 2 is 1.94 bits per heavy atom. The van der Waals surface area contributed by atoms with Gasteiger partial charge in [0.05, 0.1) is 0 Å². The van der Waals surface area contributed by atoms with E-state index in [2.05, 4.69) is 25.9 Å². The minimum atomic E-state index is 0. The fourth-order valence-corrected chi connectivity index (χ4v) is 1.99. The van der Waals surface area contributed by atoms with Crippen LogP contribution in [-0.4, -0.2) is 9.97 Å². The summed E-state index contributed by atoms with van der Waals surface area (Å²) in [4.78, 5) is 8.65. The van der Waals surface area contributed by atoms with E-state index in [4.69, 9.17) is 4.42 Å². The summed E-state index contributed by atoms with van der Waals surface area (Å²) in [6.45, 7) is 2.04. The molecule has 0 aliphatic rings. The van der Waals surface area contributed by atoms with Crippen LogP contribution in [0, 0.1) is 6.92 Å². The molecular formula is C13H12BrN3O. The number of aryl methyl sites for hydroxylation is 1. The zero-order valence-corrected chi connectivity index (χ0v) is 11.4. The van der Waals surface area contributed by atoms with Crippen molar-refractivity contribution < 1.29 is 4.42 Å². The molecule has 0 aliphatic carbocycles. The fourth-order valence-electron chi connectivity index (χ4n) is 1.70. The summed E-state index contributed by atoms with van der Waals surface area (Å²) in [5.74, 6) is 0.606. The third-order valence-electron chi connectivity index (χ3n) is 2.49. The van der Waals surface area contributed by atoms with Gasteiger partial charge in [0.1, 0.15) is 10.1 Å². The Kier molecular flexibility index (Phi) is 3.45. The molecule has 1 aromatic carbocycles. The smallest absolute Gasteiger partial charge is 0.248 e. The monoisotopic (exact) mass is 305 g/mol. The Labute approximate surface area is 113 Å². The van der Waals surface area contributed by atoms with Gasteiger partial charge in [-0.3, -0.25) is 0 Å². The Hall–Kier alpha value is -1.72. The lowest BCUT2D eigenvalue weighted by molar-refractivity contribution is 0.607. The van der Waals surface area contributed by atoms with Crippen molar-refractivity contribution in [3.8, 4) is 11.5 Å². The van der Waals surface area contributed by atoms with Crippen LogP contribution < -0.4 is 6.15 Å². The van der Waals surface area contributed by atoms with Crippen LogP contribution in [0.2, 0.25) is 0 Å². The lowest BCUT2D eigenvalue weighted by Gasteiger charge is -1.95. The van der Waals surface area contributed by atoms with Crippen LogP contribution in [0.25, 0.3) is 22.7 Å². The van der Waals surface area contributed by atoms with E-state index in [1.165, 1.54) is 5.56 Å². The molecule has 3 rings (SSSR count). The van der Waals surface area contributed by atoms with Crippen LogP contribution in [-0.2, 0) is 0 Å². The predicted octanol–water partition coefficient (Wildman–Crippen LogP) is 4.12. The summed E-state index contributed by atoms with van der Waals surface area (Å²) >= 11 is 3.31. The summed E-state index contributed by atoms with van der Waals surface area (Å²) in [7, 11) is 0. The molecule has 2 heterocycles. The maximum absolute atomic E-state index is 5.64. The SMILES string of the molecule is Cc1cccc(-c2nc3ccc(Br)nc3o2)c1.N. The van der Waals surface area contributed by atoms with Gasteiger partial charge in [0.25, 0.3) is 0 Å². The normalized spacial score (nSPS) is 10.3. The summed E-state index contributed by atoms with van der Waals surface area (Å²) in [6.07, 6.45) is 0. The maximum atomic E-state index is 5.64. The molecule has 92 valence electrons. The van der Waals surface area contributed by atoms with Gasteiger partial charge in [-0.2, -0.15) is 0 Å². The molecule has 0 bridgehead atoms. The molecule has 0 aliphatic heterocycles. The minimum Gasteiger partial charge on any atom is -0.418 e. The Morgan fingerprint density at radius 3 is 2.72 bits per heavy atom. The highest BCUT2D eigenvalue weighted by Gasteiger charge is 2.09. The molecule has 0 amide bonds.